The number of nitriles is 1. The number of methoxy groups -OCH3 is 1. The second-order valence-corrected chi connectivity index (χ2v) is 9.96. The predicted molar refractivity (Wildman–Crippen MR) is 145 cm³/mol. The lowest BCUT2D eigenvalue weighted by Crippen LogP contribution is -2.46. The molecule has 0 aromatic heterocycles. The van der Waals surface area contributed by atoms with Crippen LogP contribution < -0.4 is 9.80 Å². The van der Waals surface area contributed by atoms with Gasteiger partial charge >= 0.3 is 5.97 Å². The second kappa shape index (κ2) is 9.42. The molecule has 0 amide bonds. The van der Waals surface area contributed by atoms with E-state index in [0.717, 1.165) is 16.9 Å². The maximum Gasteiger partial charge on any atom is 0.329 e. The topological polar surface area (TPSA) is 73.6 Å². The van der Waals surface area contributed by atoms with Gasteiger partial charge in [-0.2, -0.15) is 5.26 Å². The number of ether oxygens (including phenoxy) is 1. The zero-order valence-electron chi connectivity index (χ0n) is 20.8. The van der Waals surface area contributed by atoms with Gasteiger partial charge in [0.15, 0.2) is 11.2 Å². The van der Waals surface area contributed by atoms with Crippen molar-refractivity contribution in [2.45, 2.75) is 18.0 Å². The van der Waals surface area contributed by atoms with Crippen LogP contribution in [-0.4, -0.2) is 45.0 Å². The van der Waals surface area contributed by atoms with Crippen LogP contribution in [0.2, 0.25) is 5.02 Å². The largest absolute Gasteiger partial charge is 0.468 e. The number of halogens is 1. The Bertz CT molecular complexity index is 1430. The number of fused-ring (bicyclic) bond motifs is 3. The molecule has 37 heavy (non-hydrogen) atoms. The molecule has 2 aliphatic rings. The number of para-hydroxylation sites is 1. The molecule has 5 rings (SSSR count). The van der Waals surface area contributed by atoms with Crippen molar-refractivity contribution in [3.05, 3.63) is 101 Å². The van der Waals surface area contributed by atoms with Crippen LogP contribution in [0.5, 0.6) is 0 Å². The molecule has 3 aromatic rings. The van der Waals surface area contributed by atoms with E-state index >= 15 is 0 Å². The number of anilines is 2. The zero-order valence-corrected chi connectivity index (χ0v) is 21.5. The average Bonchev–Trinajstić information content (AvgIpc) is 3.24. The van der Waals surface area contributed by atoms with Crippen molar-refractivity contribution in [1.82, 2.24) is 0 Å². The normalized spacial score (nSPS) is 23.5. The second-order valence-electron chi connectivity index (χ2n) is 9.52. The summed E-state index contributed by atoms with van der Waals surface area (Å²) in [7, 11) is 5.16. The molecule has 3 aromatic carbocycles. The molecule has 6 nitrogen and oxygen atoms in total. The minimum atomic E-state index is -1.66. The van der Waals surface area contributed by atoms with Gasteiger partial charge in [-0.3, -0.25) is 9.59 Å². The standard InChI is InChI=1S/C30H26ClN3O3/c1-33(2)23-15-10-20(11-16-23)26-27(28(35)21-8-13-22(31)14-9-21)34-24-7-5-4-6-19(24)12-17-25(34)30(26,18-32)29(36)37-3/h4-17,25-27H,1-3H3/t25?,26-,27+,30+/m0/s1. The summed E-state index contributed by atoms with van der Waals surface area (Å²) >= 11 is 6.11. The molecule has 0 radical (unpaired) electrons. The van der Waals surface area contributed by atoms with Crippen LogP contribution in [0, 0.1) is 16.7 Å². The third-order valence-electron chi connectivity index (χ3n) is 7.42. The van der Waals surface area contributed by atoms with Crippen molar-refractivity contribution < 1.29 is 14.3 Å². The van der Waals surface area contributed by atoms with Gasteiger partial charge in [0.25, 0.3) is 0 Å². The first kappa shape index (κ1) is 24.6. The highest BCUT2D eigenvalue weighted by Gasteiger charge is 2.67. The van der Waals surface area contributed by atoms with Crippen LogP contribution in [0.3, 0.4) is 0 Å². The Balaban J connectivity index is 1.79. The molecule has 4 atom stereocenters. The highest BCUT2D eigenvalue weighted by molar-refractivity contribution is 6.30. The first-order valence-electron chi connectivity index (χ1n) is 12.0. The van der Waals surface area contributed by atoms with E-state index in [-0.39, 0.29) is 5.78 Å². The fourth-order valence-electron chi connectivity index (χ4n) is 5.67. The van der Waals surface area contributed by atoms with E-state index in [1.54, 1.807) is 24.3 Å². The van der Waals surface area contributed by atoms with Gasteiger partial charge < -0.3 is 14.5 Å². The zero-order chi connectivity index (χ0) is 26.3. The maximum absolute atomic E-state index is 14.3. The number of hydrogen-bond donors (Lipinski definition) is 0. The number of rotatable bonds is 5. The summed E-state index contributed by atoms with van der Waals surface area (Å²) in [6.07, 6.45) is 3.76. The van der Waals surface area contributed by atoms with E-state index in [9.17, 15) is 14.9 Å². The number of carbonyl (C=O) groups excluding carboxylic acids is 2. The molecule has 1 fully saturated rings. The smallest absolute Gasteiger partial charge is 0.329 e. The predicted octanol–water partition coefficient (Wildman–Crippen LogP) is 5.34. The molecule has 0 spiro atoms. The van der Waals surface area contributed by atoms with Crippen LogP contribution in [0.15, 0.2) is 78.9 Å². The lowest BCUT2D eigenvalue weighted by molar-refractivity contribution is -0.150. The molecular weight excluding hydrogens is 486 g/mol. The van der Waals surface area contributed by atoms with Crippen molar-refractivity contribution in [2.24, 2.45) is 5.41 Å². The van der Waals surface area contributed by atoms with Crippen molar-refractivity contribution in [3.63, 3.8) is 0 Å². The fraction of sp³-hybridized carbons (Fsp3) is 0.233. The van der Waals surface area contributed by atoms with Crippen molar-refractivity contribution in [1.29, 1.82) is 5.26 Å². The van der Waals surface area contributed by atoms with Crippen LogP contribution in [0.25, 0.3) is 6.08 Å². The van der Waals surface area contributed by atoms with E-state index in [0.29, 0.717) is 16.1 Å². The van der Waals surface area contributed by atoms with E-state index in [1.807, 2.05) is 84.6 Å². The number of esters is 1. The minimum absolute atomic E-state index is 0.200. The minimum Gasteiger partial charge on any atom is -0.468 e. The molecule has 2 heterocycles. The number of nitrogens with zero attached hydrogens (tertiary/aromatic N) is 3. The molecular formula is C30H26ClN3O3. The number of Topliss-reactive ketones (excluding diaryl/α,β-unsaturated/α-hetero) is 1. The lowest BCUT2D eigenvalue weighted by atomic mass is 9.68. The van der Waals surface area contributed by atoms with Crippen LogP contribution in [-0.2, 0) is 9.53 Å². The van der Waals surface area contributed by atoms with Crippen molar-refractivity contribution >= 4 is 40.8 Å². The van der Waals surface area contributed by atoms with Gasteiger partial charge in [0.1, 0.15) is 6.04 Å². The van der Waals surface area contributed by atoms with Crippen LogP contribution in [0.1, 0.15) is 27.4 Å². The molecule has 7 heteroatoms. The lowest BCUT2D eigenvalue weighted by Gasteiger charge is -2.36. The summed E-state index contributed by atoms with van der Waals surface area (Å²) in [5, 5.41) is 11.3. The number of ketones is 1. The fourth-order valence-corrected chi connectivity index (χ4v) is 5.80. The average molecular weight is 512 g/mol. The molecule has 186 valence electrons. The van der Waals surface area contributed by atoms with Gasteiger partial charge in [-0.05, 0) is 53.6 Å². The SMILES string of the molecule is COC(=O)[C@]1(C#N)C2C=Cc3ccccc3N2[C@@H](C(=O)c2ccc(Cl)cc2)[C@@H]1c1ccc(N(C)C)cc1. The summed E-state index contributed by atoms with van der Waals surface area (Å²) in [5.41, 5.74) is 2.17. The van der Waals surface area contributed by atoms with Crippen molar-refractivity contribution in [2.75, 3.05) is 31.0 Å². The molecule has 2 aliphatic heterocycles. The van der Waals surface area contributed by atoms with Gasteiger partial charge in [0.2, 0.25) is 0 Å². The summed E-state index contributed by atoms with van der Waals surface area (Å²) in [5.74, 6) is -1.67. The first-order chi connectivity index (χ1) is 17.8. The summed E-state index contributed by atoms with van der Waals surface area (Å²) in [6.45, 7) is 0. The monoisotopic (exact) mass is 511 g/mol. The van der Waals surface area contributed by atoms with E-state index in [4.69, 9.17) is 16.3 Å². The number of hydrogen-bond acceptors (Lipinski definition) is 6. The molecule has 0 aliphatic carbocycles. The van der Waals surface area contributed by atoms with Gasteiger partial charge in [-0.15, -0.1) is 0 Å². The quantitative estimate of drug-likeness (QED) is 0.340. The molecule has 0 saturated carbocycles. The molecule has 1 saturated heterocycles. The summed E-state index contributed by atoms with van der Waals surface area (Å²) in [6, 6.07) is 22.8. The van der Waals surface area contributed by atoms with Crippen molar-refractivity contribution in [3.8, 4) is 6.07 Å². The van der Waals surface area contributed by atoms with E-state index < -0.39 is 29.4 Å². The summed E-state index contributed by atoms with van der Waals surface area (Å²) < 4.78 is 5.27. The summed E-state index contributed by atoms with van der Waals surface area (Å²) in [4.78, 5) is 31.8. The Morgan fingerprint density at radius 1 is 1.03 bits per heavy atom. The van der Waals surface area contributed by atoms with Gasteiger partial charge in [-0.25, -0.2) is 0 Å². The van der Waals surface area contributed by atoms with E-state index in [2.05, 4.69) is 6.07 Å². The Morgan fingerprint density at radius 2 is 1.70 bits per heavy atom. The Labute approximate surface area is 221 Å². The van der Waals surface area contributed by atoms with Gasteiger partial charge in [0.05, 0.1) is 19.2 Å². The van der Waals surface area contributed by atoms with Crippen LogP contribution >= 0.6 is 11.6 Å². The molecule has 1 unspecified atom stereocenters. The third kappa shape index (κ3) is 3.78. The Kier molecular flexibility index (Phi) is 6.26. The number of carbonyl (C=O) groups is 2. The molecule has 0 N–H and O–H groups in total. The molecule has 0 bridgehead atoms. The first-order valence-corrected chi connectivity index (χ1v) is 12.3. The van der Waals surface area contributed by atoms with Gasteiger partial charge in [-0.1, -0.05) is 54.1 Å². The highest BCUT2D eigenvalue weighted by Crippen LogP contribution is 2.56. The Hall–Kier alpha value is -4.08. The third-order valence-corrected chi connectivity index (χ3v) is 7.67. The highest BCUT2D eigenvalue weighted by atomic mass is 35.5. The number of benzene rings is 3. The van der Waals surface area contributed by atoms with Crippen LogP contribution in [0.4, 0.5) is 11.4 Å². The van der Waals surface area contributed by atoms with Gasteiger partial charge in [0, 0.05) is 42.0 Å². The Morgan fingerprint density at radius 3 is 2.32 bits per heavy atom. The van der Waals surface area contributed by atoms with E-state index in [1.165, 1.54) is 7.11 Å². The maximum atomic E-state index is 14.3.